The number of hydrogen-bond acceptors (Lipinski definition) is 6. The van der Waals surface area contributed by atoms with Gasteiger partial charge in [-0.05, 0) is 53.8 Å². The Morgan fingerprint density at radius 1 is 0.968 bits per heavy atom. The molecule has 0 unspecified atom stereocenters. The highest BCUT2D eigenvalue weighted by Crippen LogP contribution is 2.27. The van der Waals surface area contributed by atoms with Gasteiger partial charge in [-0.2, -0.15) is 4.31 Å². The van der Waals surface area contributed by atoms with Gasteiger partial charge in [0.2, 0.25) is 20.0 Å². The van der Waals surface area contributed by atoms with E-state index >= 15 is 0 Å². The Morgan fingerprint density at radius 3 is 2.26 bits per heavy atom. The van der Waals surface area contributed by atoms with Crippen molar-refractivity contribution >= 4 is 25.7 Å². The first-order valence-electron chi connectivity index (χ1n) is 9.98. The number of fused-ring (bicyclic) bond motifs is 1. The zero-order valence-electron chi connectivity index (χ0n) is 17.9. The van der Waals surface area contributed by atoms with E-state index in [4.69, 9.17) is 9.47 Å². The lowest BCUT2D eigenvalue weighted by Crippen LogP contribution is -2.37. The minimum absolute atomic E-state index is 0.110. The van der Waals surface area contributed by atoms with Crippen LogP contribution >= 0.6 is 0 Å². The highest BCUT2D eigenvalue weighted by atomic mass is 32.2. The van der Waals surface area contributed by atoms with Gasteiger partial charge in [0.25, 0.3) is 0 Å². The molecule has 31 heavy (non-hydrogen) atoms. The van der Waals surface area contributed by atoms with Crippen LogP contribution in [0.3, 0.4) is 0 Å². The maximum absolute atomic E-state index is 12.7. The van der Waals surface area contributed by atoms with E-state index in [9.17, 15) is 16.8 Å². The molecule has 0 saturated heterocycles. The SMILES string of the molecule is CCCS(=O)(=O)N1CCc2ccc(NS(=O)(=O)Cc3cc(OC)cc(OC)c3)cc2C1. The van der Waals surface area contributed by atoms with Gasteiger partial charge in [0.15, 0.2) is 0 Å². The van der Waals surface area contributed by atoms with E-state index in [-0.39, 0.29) is 18.1 Å². The Kier molecular flexibility index (Phi) is 7.13. The second kappa shape index (κ2) is 9.46. The monoisotopic (exact) mass is 468 g/mol. The van der Waals surface area contributed by atoms with Gasteiger partial charge in [-0.3, -0.25) is 4.72 Å². The van der Waals surface area contributed by atoms with E-state index in [0.29, 0.717) is 42.1 Å². The quantitative estimate of drug-likeness (QED) is 0.607. The summed E-state index contributed by atoms with van der Waals surface area (Å²) in [5.74, 6) is 0.867. The molecule has 1 heterocycles. The molecular formula is C21H28N2O6S2. The summed E-state index contributed by atoms with van der Waals surface area (Å²) in [5.41, 5.74) is 2.78. The summed E-state index contributed by atoms with van der Waals surface area (Å²) in [5, 5.41) is 0. The normalized spacial score (nSPS) is 14.7. The molecule has 0 radical (unpaired) electrons. The molecule has 0 saturated carbocycles. The second-order valence-corrected chi connectivity index (χ2v) is 11.3. The van der Waals surface area contributed by atoms with Crippen LogP contribution in [0.2, 0.25) is 0 Å². The predicted octanol–water partition coefficient (Wildman–Crippen LogP) is 2.74. The van der Waals surface area contributed by atoms with Crippen LogP contribution in [-0.4, -0.2) is 47.7 Å². The molecule has 0 spiro atoms. The van der Waals surface area contributed by atoms with E-state index in [1.54, 1.807) is 30.3 Å². The molecule has 8 nitrogen and oxygen atoms in total. The van der Waals surface area contributed by atoms with Crippen LogP contribution in [0.4, 0.5) is 5.69 Å². The van der Waals surface area contributed by atoms with Crippen LogP contribution < -0.4 is 14.2 Å². The maximum atomic E-state index is 12.7. The summed E-state index contributed by atoms with van der Waals surface area (Å²) in [4.78, 5) is 0. The summed E-state index contributed by atoms with van der Waals surface area (Å²) < 4.78 is 64.8. The molecule has 0 atom stereocenters. The van der Waals surface area contributed by atoms with Gasteiger partial charge in [0.05, 0.1) is 25.7 Å². The molecule has 2 aromatic rings. The van der Waals surface area contributed by atoms with Crippen molar-refractivity contribution in [1.82, 2.24) is 4.31 Å². The predicted molar refractivity (Wildman–Crippen MR) is 120 cm³/mol. The molecule has 1 aliphatic heterocycles. The first-order chi connectivity index (χ1) is 14.7. The molecule has 170 valence electrons. The third-order valence-electron chi connectivity index (χ3n) is 5.08. The standard InChI is InChI=1S/C21H28N2O6S2/c1-4-9-31(26,27)23-8-7-17-5-6-19(12-18(17)14-23)22-30(24,25)15-16-10-20(28-2)13-21(11-16)29-3/h5-6,10-13,22H,4,7-9,14-15H2,1-3H3. The summed E-state index contributed by atoms with van der Waals surface area (Å²) >= 11 is 0. The number of methoxy groups -OCH3 is 2. The number of ether oxygens (including phenoxy) is 2. The summed E-state index contributed by atoms with van der Waals surface area (Å²) in [6, 6.07) is 10.2. The lowest BCUT2D eigenvalue weighted by Gasteiger charge is -2.28. The number of benzene rings is 2. The first-order valence-corrected chi connectivity index (χ1v) is 13.2. The van der Waals surface area contributed by atoms with Crippen molar-refractivity contribution in [1.29, 1.82) is 0 Å². The van der Waals surface area contributed by atoms with Crippen LogP contribution in [0.25, 0.3) is 0 Å². The van der Waals surface area contributed by atoms with Crippen molar-refractivity contribution in [2.24, 2.45) is 0 Å². The first kappa shape index (κ1) is 23.4. The molecule has 1 N–H and O–H groups in total. The summed E-state index contributed by atoms with van der Waals surface area (Å²) in [6.07, 6.45) is 1.16. The van der Waals surface area contributed by atoms with E-state index in [1.807, 2.05) is 13.0 Å². The molecule has 1 aliphatic rings. The van der Waals surface area contributed by atoms with Gasteiger partial charge in [-0.15, -0.1) is 0 Å². The van der Waals surface area contributed by atoms with Crippen LogP contribution in [0.15, 0.2) is 36.4 Å². The number of nitrogens with one attached hydrogen (secondary N) is 1. The van der Waals surface area contributed by atoms with E-state index in [1.165, 1.54) is 18.5 Å². The Bertz CT molecular complexity index is 1120. The highest BCUT2D eigenvalue weighted by molar-refractivity contribution is 7.91. The van der Waals surface area contributed by atoms with Gasteiger partial charge in [-0.25, -0.2) is 16.8 Å². The second-order valence-electron chi connectivity index (χ2n) is 7.47. The Balaban J connectivity index is 1.78. The molecule has 10 heteroatoms. The van der Waals surface area contributed by atoms with Crippen molar-refractivity contribution in [2.75, 3.05) is 31.2 Å². The van der Waals surface area contributed by atoms with Crippen molar-refractivity contribution in [2.45, 2.75) is 32.1 Å². The van der Waals surface area contributed by atoms with Crippen LogP contribution in [0.5, 0.6) is 11.5 Å². The lowest BCUT2D eigenvalue weighted by atomic mass is 10.0. The molecule has 0 aliphatic carbocycles. The highest BCUT2D eigenvalue weighted by Gasteiger charge is 2.26. The van der Waals surface area contributed by atoms with Crippen molar-refractivity contribution in [3.05, 3.63) is 53.1 Å². The van der Waals surface area contributed by atoms with Gasteiger partial charge in [0, 0.05) is 24.8 Å². The van der Waals surface area contributed by atoms with Gasteiger partial charge < -0.3 is 9.47 Å². The van der Waals surface area contributed by atoms with Crippen LogP contribution in [-0.2, 0) is 38.8 Å². The van der Waals surface area contributed by atoms with Gasteiger partial charge in [-0.1, -0.05) is 13.0 Å². The molecule has 0 amide bonds. The molecule has 2 aromatic carbocycles. The molecular weight excluding hydrogens is 440 g/mol. The van der Waals surface area contributed by atoms with Crippen LogP contribution in [0, 0.1) is 0 Å². The Labute approximate surface area is 184 Å². The third kappa shape index (κ3) is 5.90. The number of hydrogen-bond donors (Lipinski definition) is 1. The summed E-state index contributed by atoms with van der Waals surface area (Å²) in [6.45, 7) is 2.53. The molecule has 3 rings (SSSR count). The minimum Gasteiger partial charge on any atom is -0.497 e. The van der Waals surface area contributed by atoms with Crippen LogP contribution in [0.1, 0.15) is 30.0 Å². The fourth-order valence-electron chi connectivity index (χ4n) is 3.60. The van der Waals surface area contributed by atoms with E-state index in [2.05, 4.69) is 4.72 Å². The van der Waals surface area contributed by atoms with Crippen molar-refractivity contribution in [3.8, 4) is 11.5 Å². The third-order valence-corrected chi connectivity index (χ3v) is 8.36. The minimum atomic E-state index is -3.71. The van der Waals surface area contributed by atoms with Gasteiger partial charge >= 0.3 is 0 Å². The van der Waals surface area contributed by atoms with Gasteiger partial charge in [0.1, 0.15) is 11.5 Å². The molecule has 0 fully saturated rings. The zero-order valence-corrected chi connectivity index (χ0v) is 19.6. The topological polar surface area (TPSA) is 102 Å². The van der Waals surface area contributed by atoms with E-state index in [0.717, 1.165) is 11.1 Å². The fourth-order valence-corrected chi connectivity index (χ4v) is 6.25. The number of nitrogens with zero attached hydrogens (tertiary/aromatic N) is 1. The van der Waals surface area contributed by atoms with Crippen molar-refractivity contribution < 1.29 is 26.3 Å². The number of sulfonamides is 2. The average Bonchev–Trinajstić information content (AvgIpc) is 2.72. The lowest BCUT2D eigenvalue weighted by molar-refractivity contribution is 0.391. The fraction of sp³-hybridized carbons (Fsp3) is 0.429. The number of anilines is 1. The maximum Gasteiger partial charge on any atom is 0.236 e. The smallest absolute Gasteiger partial charge is 0.236 e. The largest absolute Gasteiger partial charge is 0.497 e. The average molecular weight is 469 g/mol. The zero-order chi connectivity index (χ0) is 22.6. The Morgan fingerprint density at radius 2 is 1.65 bits per heavy atom. The Hall–Kier alpha value is -2.30. The molecule has 0 aromatic heterocycles. The van der Waals surface area contributed by atoms with Crippen molar-refractivity contribution in [3.63, 3.8) is 0 Å². The molecule has 0 bridgehead atoms. The summed E-state index contributed by atoms with van der Waals surface area (Å²) in [7, 11) is -4.01. The number of rotatable bonds is 9. The van der Waals surface area contributed by atoms with E-state index < -0.39 is 20.0 Å².